The first-order valence-corrected chi connectivity index (χ1v) is 12.0. The summed E-state index contributed by atoms with van der Waals surface area (Å²) in [5.41, 5.74) is 3.73. The Morgan fingerprint density at radius 3 is 2.29 bits per heavy atom. The monoisotopic (exact) mass is 446 g/mol. The van der Waals surface area contributed by atoms with E-state index in [1.54, 1.807) is 51.1 Å². The molecule has 0 bridgehead atoms. The van der Waals surface area contributed by atoms with Gasteiger partial charge in [0, 0.05) is 5.69 Å². The molecule has 168 valence electrons. The van der Waals surface area contributed by atoms with Gasteiger partial charge in [-0.05, 0) is 75.1 Å². The molecule has 0 aliphatic carbocycles. The minimum atomic E-state index is -3.74. The fourth-order valence-electron chi connectivity index (χ4n) is 3.34. The number of hydrogen-bond acceptors (Lipinski definition) is 5. The van der Waals surface area contributed by atoms with Crippen molar-refractivity contribution in [3.05, 3.63) is 58.7 Å². The average molecular weight is 447 g/mol. The van der Waals surface area contributed by atoms with Crippen LogP contribution >= 0.6 is 0 Å². The Morgan fingerprint density at radius 2 is 1.74 bits per heavy atom. The highest BCUT2D eigenvalue weighted by molar-refractivity contribution is 7.92. The molecule has 0 aliphatic heterocycles. The SMILES string of the molecule is CCOC(=O)c1cccc(NC(=O)[C@@H](CC)N(c2ccc(C)c(C)c2)S(C)(=O)=O)c1C. The highest BCUT2D eigenvalue weighted by Gasteiger charge is 2.32. The van der Waals surface area contributed by atoms with Gasteiger partial charge in [0.25, 0.3) is 0 Å². The number of rotatable bonds is 8. The lowest BCUT2D eigenvalue weighted by Crippen LogP contribution is -2.47. The van der Waals surface area contributed by atoms with Gasteiger partial charge in [-0.2, -0.15) is 0 Å². The van der Waals surface area contributed by atoms with Crippen LogP contribution in [0.1, 0.15) is 47.3 Å². The van der Waals surface area contributed by atoms with Gasteiger partial charge < -0.3 is 10.1 Å². The predicted molar refractivity (Wildman–Crippen MR) is 123 cm³/mol. The Kier molecular flexibility index (Phi) is 7.84. The fourth-order valence-corrected chi connectivity index (χ4v) is 4.54. The number of amides is 1. The summed E-state index contributed by atoms with van der Waals surface area (Å²) in [6.07, 6.45) is 1.35. The number of benzene rings is 2. The molecule has 0 aromatic heterocycles. The smallest absolute Gasteiger partial charge is 0.338 e. The Morgan fingerprint density at radius 1 is 1.06 bits per heavy atom. The number of nitrogens with one attached hydrogen (secondary N) is 1. The van der Waals surface area contributed by atoms with E-state index in [1.165, 1.54) is 0 Å². The molecule has 0 radical (unpaired) electrons. The zero-order valence-corrected chi connectivity index (χ0v) is 19.7. The van der Waals surface area contributed by atoms with Crippen LogP contribution in [0.3, 0.4) is 0 Å². The molecule has 0 fully saturated rings. The van der Waals surface area contributed by atoms with E-state index in [2.05, 4.69) is 5.32 Å². The van der Waals surface area contributed by atoms with Crippen molar-refractivity contribution in [3.8, 4) is 0 Å². The molecule has 1 atom stereocenters. The molecule has 2 aromatic rings. The van der Waals surface area contributed by atoms with Crippen molar-refractivity contribution in [1.29, 1.82) is 0 Å². The van der Waals surface area contributed by atoms with Gasteiger partial charge >= 0.3 is 5.97 Å². The lowest BCUT2D eigenvalue weighted by molar-refractivity contribution is -0.117. The van der Waals surface area contributed by atoms with E-state index in [4.69, 9.17) is 4.74 Å². The van der Waals surface area contributed by atoms with Crippen molar-refractivity contribution in [2.45, 2.75) is 47.1 Å². The summed E-state index contributed by atoms with van der Waals surface area (Å²) >= 11 is 0. The number of aryl methyl sites for hydroxylation is 2. The third-order valence-electron chi connectivity index (χ3n) is 5.16. The van der Waals surface area contributed by atoms with E-state index in [1.807, 2.05) is 19.9 Å². The van der Waals surface area contributed by atoms with E-state index in [0.717, 1.165) is 21.7 Å². The maximum Gasteiger partial charge on any atom is 0.338 e. The number of ether oxygens (including phenoxy) is 1. The normalized spacial score (nSPS) is 12.2. The summed E-state index contributed by atoms with van der Waals surface area (Å²) in [6, 6.07) is 9.28. The van der Waals surface area contributed by atoms with Crippen molar-refractivity contribution in [2.75, 3.05) is 22.5 Å². The number of nitrogens with zero attached hydrogens (tertiary/aromatic N) is 1. The predicted octanol–water partition coefficient (Wildman–Crippen LogP) is 3.97. The molecule has 1 amide bonds. The van der Waals surface area contributed by atoms with Crippen LogP contribution in [0.15, 0.2) is 36.4 Å². The van der Waals surface area contributed by atoms with Crippen LogP contribution in [-0.4, -0.2) is 39.2 Å². The molecule has 0 saturated carbocycles. The standard InChI is InChI=1S/C23H30N2O5S/c1-7-21(25(31(6,28)29)18-13-12-15(3)16(4)14-18)22(26)24-20-11-9-10-19(17(20)5)23(27)30-8-2/h9-14,21H,7-8H2,1-6H3,(H,24,26)/t21-/m1/s1. The maximum absolute atomic E-state index is 13.2. The molecule has 0 saturated heterocycles. The van der Waals surface area contributed by atoms with Crippen LogP contribution in [-0.2, 0) is 19.6 Å². The van der Waals surface area contributed by atoms with Crippen molar-refractivity contribution in [2.24, 2.45) is 0 Å². The molecule has 7 nitrogen and oxygen atoms in total. The molecular weight excluding hydrogens is 416 g/mol. The number of anilines is 2. The lowest BCUT2D eigenvalue weighted by Gasteiger charge is -2.30. The molecule has 31 heavy (non-hydrogen) atoms. The zero-order chi connectivity index (χ0) is 23.3. The van der Waals surface area contributed by atoms with Crippen LogP contribution in [0.25, 0.3) is 0 Å². The minimum absolute atomic E-state index is 0.242. The summed E-state index contributed by atoms with van der Waals surface area (Å²) in [5, 5.41) is 2.79. The molecule has 8 heteroatoms. The Balaban J connectivity index is 2.42. The number of sulfonamides is 1. The molecule has 0 heterocycles. The minimum Gasteiger partial charge on any atom is -0.462 e. The van der Waals surface area contributed by atoms with Gasteiger partial charge in [-0.15, -0.1) is 0 Å². The van der Waals surface area contributed by atoms with Gasteiger partial charge in [0.2, 0.25) is 15.9 Å². The first-order chi connectivity index (χ1) is 14.5. The van der Waals surface area contributed by atoms with Crippen molar-refractivity contribution >= 4 is 33.3 Å². The van der Waals surface area contributed by atoms with E-state index in [9.17, 15) is 18.0 Å². The highest BCUT2D eigenvalue weighted by Crippen LogP contribution is 2.27. The van der Waals surface area contributed by atoms with Gasteiger partial charge in [0.1, 0.15) is 6.04 Å². The van der Waals surface area contributed by atoms with Gasteiger partial charge in [-0.25, -0.2) is 13.2 Å². The maximum atomic E-state index is 13.2. The topological polar surface area (TPSA) is 92.8 Å². The van der Waals surface area contributed by atoms with Crippen LogP contribution < -0.4 is 9.62 Å². The van der Waals surface area contributed by atoms with Gasteiger partial charge in [-0.1, -0.05) is 19.1 Å². The zero-order valence-electron chi connectivity index (χ0n) is 18.9. The number of carbonyl (C=O) groups is 2. The van der Waals surface area contributed by atoms with Gasteiger partial charge in [0.05, 0.1) is 24.1 Å². The first kappa shape index (κ1) is 24.4. The second-order valence-electron chi connectivity index (χ2n) is 7.44. The molecule has 0 aliphatic rings. The highest BCUT2D eigenvalue weighted by atomic mass is 32.2. The average Bonchev–Trinajstić information content (AvgIpc) is 2.69. The van der Waals surface area contributed by atoms with Gasteiger partial charge in [-0.3, -0.25) is 9.10 Å². The first-order valence-electron chi connectivity index (χ1n) is 10.2. The molecular formula is C23H30N2O5S. The number of esters is 1. The van der Waals surface area contributed by atoms with Crippen LogP contribution in [0.4, 0.5) is 11.4 Å². The Bertz CT molecular complexity index is 1080. The fraction of sp³-hybridized carbons (Fsp3) is 0.391. The second-order valence-corrected chi connectivity index (χ2v) is 9.30. The molecule has 0 unspecified atom stereocenters. The largest absolute Gasteiger partial charge is 0.462 e. The third-order valence-corrected chi connectivity index (χ3v) is 6.34. The lowest BCUT2D eigenvalue weighted by atomic mass is 10.1. The van der Waals surface area contributed by atoms with Crippen molar-refractivity contribution in [1.82, 2.24) is 0 Å². The van der Waals surface area contributed by atoms with Crippen molar-refractivity contribution in [3.63, 3.8) is 0 Å². The second kappa shape index (κ2) is 9.96. The number of carbonyl (C=O) groups excluding carboxylic acids is 2. The molecule has 0 spiro atoms. The van der Waals surface area contributed by atoms with Crippen molar-refractivity contribution < 1.29 is 22.7 Å². The molecule has 2 aromatic carbocycles. The summed E-state index contributed by atoms with van der Waals surface area (Å²) in [4.78, 5) is 25.3. The van der Waals surface area contributed by atoms with Crippen LogP contribution in [0, 0.1) is 20.8 Å². The Hall–Kier alpha value is -2.87. The van der Waals surface area contributed by atoms with E-state index < -0.39 is 27.9 Å². The summed E-state index contributed by atoms with van der Waals surface area (Å²) in [6.45, 7) is 9.26. The van der Waals surface area contributed by atoms with Crippen LogP contribution in [0.2, 0.25) is 0 Å². The van der Waals surface area contributed by atoms with Crippen LogP contribution in [0.5, 0.6) is 0 Å². The summed E-state index contributed by atoms with van der Waals surface area (Å²) in [7, 11) is -3.74. The number of hydrogen-bond donors (Lipinski definition) is 1. The third kappa shape index (κ3) is 5.64. The quantitative estimate of drug-likeness (QED) is 0.620. The summed E-state index contributed by atoms with van der Waals surface area (Å²) < 4.78 is 31.5. The van der Waals surface area contributed by atoms with E-state index in [-0.39, 0.29) is 13.0 Å². The molecule has 1 N–H and O–H groups in total. The summed E-state index contributed by atoms with van der Waals surface area (Å²) in [5.74, 6) is -0.953. The van der Waals surface area contributed by atoms with Gasteiger partial charge in [0.15, 0.2) is 0 Å². The van der Waals surface area contributed by atoms with E-state index in [0.29, 0.717) is 22.5 Å². The Labute approximate surface area is 184 Å². The van der Waals surface area contributed by atoms with E-state index >= 15 is 0 Å². The molecule has 2 rings (SSSR count).